The zero-order chi connectivity index (χ0) is 15.0. The summed E-state index contributed by atoms with van der Waals surface area (Å²) in [5.74, 6) is 1.77. The van der Waals surface area contributed by atoms with Gasteiger partial charge in [0.1, 0.15) is 17.6 Å². The molecule has 1 aliphatic carbocycles. The molecular formula is C18H21NO2. The van der Waals surface area contributed by atoms with Crippen LogP contribution in [0.1, 0.15) is 28.3 Å². The Kier molecular flexibility index (Phi) is 3.60. The minimum absolute atomic E-state index is 0.0207. The molecule has 0 heterocycles. The highest BCUT2D eigenvalue weighted by Gasteiger charge is 2.32. The Morgan fingerprint density at radius 2 is 1.90 bits per heavy atom. The molecule has 3 rings (SSSR count). The van der Waals surface area contributed by atoms with E-state index in [-0.39, 0.29) is 12.1 Å². The number of benzene rings is 2. The summed E-state index contributed by atoms with van der Waals surface area (Å²) in [5, 5.41) is 0. The third-order valence-electron chi connectivity index (χ3n) is 4.16. The Balaban J connectivity index is 1.84. The molecule has 2 atom stereocenters. The first-order valence-corrected chi connectivity index (χ1v) is 7.25. The number of methoxy groups -OCH3 is 1. The molecule has 0 saturated carbocycles. The van der Waals surface area contributed by atoms with E-state index in [1.807, 2.05) is 12.1 Å². The summed E-state index contributed by atoms with van der Waals surface area (Å²) in [4.78, 5) is 0. The van der Waals surface area contributed by atoms with Crippen molar-refractivity contribution in [2.75, 3.05) is 7.11 Å². The fourth-order valence-corrected chi connectivity index (χ4v) is 2.85. The second kappa shape index (κ2) is 5.41. The summed E-state index contributed by atoms with van der Waals surface area (Å²) in [7, 11) is 1.67. The number of hydrogen-bond donors (Lipinski definition) is 1. The molecule has 3 heteroatoms. The van der Waals surface area contributed by atoms with Gasteiger partial charge in [0, 0.05) is 6.42 Å². The monoisotopic (exact) mass is 283 g/mol. The van der Waals surface area contributed by atoms with Crippen molar-refractivity contribution in [2.45, 2.75) is 32.4 Å². The van der Waals surface area contributed by atoms with E-state index in [1.54, 1.807) is 7.11 Å². The van der Waals surface area contributed by atoms with E-state index in [1.165, 1.54) is 11.1 Å². The number of fused-ring (bicyclic) bond motifs is 1. The van der Waals surface area contributed by atoms with Crippen molar-refractivity contribution in [3.63, 3.8) is 0 Å². The molecule has 110 valence electrons. The first-order chi connectivity index (χ1) is 10.1. The van der Waals surface area contributed by atoms with Crippen molar-refractivity contribution in [3.8, 4) is 11.5 Å². The van der Waals surface area contributed by atoms with Crippen LogP contribution in [0.4, 0.5) is 0 Å². The van der Waals surface area contributed by atoms with Crippen LogP contribution in [0.2, 0.25) is 0 Å². The van der Waals surface area contributed by atoms with Gasteiger partial charge in [-0.05, 0) is 54.3 Å². The van der Waals surface area contributed by atoms with Gasteiger partial charge in [-0.2, -0.15) is 0 Å². The lowest BCUT2D eigenvalue weighted by atomic mass is 10.1. The molecule has 0 radical (unpaired) electrons. The van der Waals surface area contributed by atoms with Crippen LogP contribution < -0.4 is 15.2 Å². The molecule has 2 aromatic carbocycles. The van der Waals surface area contributed by atoms with E-state index in [4.69, 9.17) is 15.2 Å². The highest BCUT2D eigenvalue weighted by atomic mass is 16.5. The van der Waals surface area contributed by atoms with Crippen LogP contribution in [-0.4, -0.2) is 13.2 Å². The zero-order valence-electron chi connectivity index (χ0n) is 12.7. The van der Waals surface area contributed by atoms with Crippen molar-refractivity contribution in [3.05, 3.63) is 58.7 Å². The lowest BCUT2D eigenvalue weighted by Crippen LogP contribution is -2.28. The quantitative estimate of drug-likeness (QED) is 0.940. The Morgan fingerprint density at radius 1 is 1.10 bits per heavy atom. The first-order valence-electron chi connectivity index (χ1n) is 7.25. The van der Waals surface area contributed by atoms with Crippen LogP contribution in [0, 0.1) is 13.8 Å². The molecule has 2 aromatic rings. The smallest absolute Gasteiger partial charge is 0.123 e. The SMILES string of the molecule is COc1ccc2c(c1)C(N)C(Oc1cc(C)ccc1C)C2. The number of rotatable bonds is 3. The molecule has 0 aliphatic heterocycles. The summed E-state index contributed by atoms with van der Waals surface area (Å²) in [5.41, 5.74) is 11.1. The number of aryl methyl sites for hydroxylation is 2. The Hall–Kier alpha value is -2.00. The maximum Gasteiger partial charge on any atom is 0.123 e. The van der Waals surface area contributed by atoms with Crippen LogP contribution in [0.3, 0.4) is 0 Å². The minimum Gasteiger partial charge on any atom is -0.497 e. The van der Waals surface area contributed by atoms with Gasteiger partial charge in [0.25, 0.3) is 0 Å². The maximum absolute atomic E-state index is 6.37. The van der Waals surface area contributed by atoms with Crippen LogP contribution in [-0.2, 0) is 6.42 Å². The van der Waals surface area contributed by atoms with Gasteiger partial charge in [-0.3, -0.25) is 0 Å². The van der Waals surface area contributed by atoms with E-state index in [0.717, 1.165) is 29.0 Å². The summed E-state index contributed by atoms with van der Waals surface area (Å²) in [6.07, 6.45) is 0.820. The van der Waals surface area contributed by atoms with Crippen LogP contribution in [0.5, 0.6) is 11.5 Å². The fourth-order valence-electron chi connectivity index (χ4n) is 2.85. The number of ether oxygens (including phenoxy) is 2. The number of hydrogen-bond acceptors (Lipinski definition) is 3. The van der Waals surface area contributed by atoms with E-state index in [0.29, 0.717) is 0 Å². The largest absolute Gasteiger partial charge is 0.497 e. The maximum atomic E-state index is 6.37. The average Bonchev–Trinajstić information content (AvgIpc) is 2.79. The molecule has 0 bridgehead atoms. The van der Waals surface area contributed by atoms with E-state index in [9.17, 15) is 0 Å². The van der Waals surface area contributed by atoms with Gasteiger partial charge in [0.2, 0.25) is 0 Å². The molecule has 21 heavy (non-hydrogen) atoms. The molecule has 1 aliphatic rings. The fraction of sp³-hybridized carbons (Fsp3) is 0.333. The van der Waals surface area contributed by atoms with Gasteiger partial charge < -0.3 is 15.2 Å². The van der Waals surface area contributed by atoms with Crippen molar-refractivity contribution in [1.82, 2.24) is 0 Å². The van der Waals surface area contributed by atoms with Gasteiger partial charge in [-0.15, -0.1) is 0 Å². The van der Waals surface area contributed by atoms with Crippen molar-refractivity contribution in [2.24, 2.45) is 5.73 Å². The Morgan fingerprint density at radius 3 is 2.67 bits per heavy atom. The second-order valence-electron chi connectivity index (χ2n) is 5.72. The highest BCUT2D eigenvalue weighted by molar-refractivity contribution is 5.43. The van der Waals surface area contributed by atoms with Crippen LogP contribution >= 0.6 is 0 Å². The summed E-state index contributed by atoms with van der Waals surface area (Å²) in [6.45, 7) is 4.13. The molecule has 0 saturated heterocycles. The summed E-state index contributed by atoms with van der Waals surface area (Å²) in [6, 6.07) is 12.2. The van der Waals surface area contributed by atoms with Crippen molar-refractivity contribution in [1.29, 1.82) is 0 Å². The molecule has 2 unspecified atom stereocenters. The predicted molar refractivity (Wildman–Crippen MR) is 84.0 cm³/mol. The minimum atomic E-state index is -0.116. The number of nitrogens with two attached hydrogens (primary N) is 1. The van der Waals surface area contributed by atoms with Crippen molar-refractivity contribution < 1.29 is 9.47 Å². The Labute approximate surface area is 125 Å². The van der Waals surface area contributed by atoms with E-state index < -0.39 is 0 Å². The zero-order valence-corrected chi connectivity index (χ0v) is 12.7. The van der Waals surface area contributed by atoms with E-state index >= 15 is 0 Å². The highest BCUT2D eigenvalue weighted by Crippen LogP contribution is 2.35. The van der Waals surface area contributed by atoms with Gasteiger partial charge in [-0.1, -0.05) is 18.2 Å². The molecule has 0 aromatic heterocycles. The van der Waals surface area contributed by atoms with Gasteiger partial charge >= 0.3 is 0 Å². The molecule has 0 spiro atoms. The second-order valence-corrected chi connectivity index (χ2v) is 5.72. The third kappa shape index (κ3) is 2.61. The summed E-state index contributed by atoms with van der Waals surface area (Å²) < 4.78 is 11.5. The molecule has 0 amide bonds. The molecular weight excluding hydrogens is 262 g/mol. The normalized spacial score (nSPS) is 20.2. The molecule has 3 nitrogen and oxygen atoms in total. The lowest BCUT2D eigenvalue weighted by Gasteiger charge is -2.20. The Bertz CT molecular complexity index is 666. The lowest BCUT2D eigenvalue weighted by molar-refractivity contribution is 0.183. The predicted octanol–water partition coefficient (Wildman–Crippen LogP) is 3.32. The standard InChI is InChI=1S/C18H21NO2/c1-11-4-5-12(2)16(8-11)21-17-9-13-6-7-14(20-3)10-15(13)18(17)19/h4-8,10,17-18H,9,19H2,1-3H3. The van der Waals surface area contributed by atoms with Gasteiger partial charge in [-0.25, -0.2) is 0 Å². The topological polar surface area (TPSA) is 44.5 Å². The van der Waals surface area contributed by atoms with Gasteiger partial charge in [0.05, 0.1) is 13.2 Å². The van der Waals surface area contributed by atoms with E-state index in [2.05, 4.69) is 38.1 Å². The van der Waals surface area contributed by atoms with Crippen molar-refractivity contribution >= 4 is 0 Å². The van der Waals surface area contributed by atoms with Gasteiger partial charge in [0.15, 0.2) is 0 Å². The van der Waals surface area contributed by atoms with Crippen LogP contribution in [0.25, 0.3) is 0 Å². The molecule has 0 fully saturated rings. The average molecular weight is 283 g/mol. The molecule has 2 N–H and O–H groups in total. The van der Waals surface area contributed by atoms with Crippen LogP contribution in [0.15, 0.2) is 36.4 Å². The third-order valence-corrected chi connectivity index (χ3v) is 4.16. The first kappa shape index (κ1) is 14.0. The summed E-state index contributed by atoms with van der Waals surface area (Å²) >= 11 is 0.